The number of fused-ring (bicyclic) bond motifs is 1. The average Bonchev–Trinajstić information content (AvgIpc) is 3.11. The Morgan fingerprint density at radius 3 is 2.57 bits per heavy atom. The summed E-state index contributed by atoms with van der Waals surface area (Å²) < 4.78 is 38.1. The molecule has 0 spiro atoms. The topological polar surface area (TPSA) is 96.7 Å². The van der Waals surface area contributed by atoms with Gasteiger partial charge in [-0.1, -0.05) is 6.07 Å². The number of aliphatic carboxylic acids is 1. The van der Waals surface area contributed by atoms with Crippen molar-refractivity contribution < 1.29 is 27.5 Å². The van der Waals surface area contributed by atoms with Crippen molar-refractivity contribution in [1.82, 2.24) is 9.47 Å². The van der Waals surface area contributed by atoms with Crippen molar-refractivity contribution in [2.24, 2.45) is 0 Å². The molecule has 0 bridgehead atoms. The molecule has 1 amide bonds. The number of rotatable bonds is 6. The average molecular weight is 520 g/mol. The maximum absolute atomic E-state index is 14.2. The molecule has 2 aromatic rings. The van der Waals surface area contributed by atoms with Crippen LogP contribution in [-0.2, 0) is 21.2 Å². The number of nitrogens with zero attached hydrogens (tertiary/aromatic N) is 2. The molecule has 10 heteroatoms. The summed E-state index contributed by atoms with van der Waals surface area (Å²) in [6, 6.07) is 6.14. The summed E-state index contributed by atoms with van der Waals surface area (Å²) in [6.07, 6.45) is 2.19. The minimum absolute atomic E-state index is 0.0242. The lowest BCUT2D eigenvalue weighted by atomic mass is 10.1. The number of sulfone groups is 1. The van der Waals surface area contributed by atoms with Crippen LogP contribution >= 0.6 is 22.6 Å². The summed E-state index contributed by atoms with van der Waals surface area (Å²) in [5, 5.41) is 9.33. The first-order chi connectivity index (χ1) is 12.9. The molecule has 1 N–H and O–H groups in total. The van der Waals surface area contributed by atoms with Gasteiger partial charge in [0.2, 0.25) is 0 Å². The molecule has 7 nitrogen and oxygen atoms in total. The normalized spacial score (nSPS) is 16.1. The molecule has 0 saturated carbocycles. The van der Waals surface area contributed by atoms with E-state index in [1.165, 1.54) is 21.7 Å². The molecule has 28 heavy (non-hydrogen) atoms. The van der Waals surface area contributed by atoms with Crippen molar-refractivity contribution in [1.29, 1.82) is 0 Å². The number of aromatic nitrogens is 1. The Balaban J connectivity index is 1.79. The number of carboxylic acid groups (broad SMARTS) is 1. The van der Waals surface area contributed by atoms with E-state index in [0.717, 1.165) is 16.7 Å². The van der Waals surface area contributed by atoms with E-state index in [0.29, 0.717) is 16.8 Å². The second-order valence-electron chi connectivity index (χ2n) is 6.98. The van der Waals surface area contributed by atoms with Crippen LogP contribution in [0.15, 0.2) is 30.5 Å². The third-order valence-electron chi connectivity index (χ3n) is 5.10. The van der Waals surface area contributed by atoms with E-state index in [1.807, 2.05) is 22.6 Å². The molecular weight excluding hydrogens is 502 g/mol. The van der Waals surface area contributed by atoms with Crippen molar-refractivity contribution in [3.63, 3.8) is 0 Å². The lowest BCUT2D eigenvalue weighted by Crippen LogP contribution is -2.45. The van der Waals surface area contributed by atoms with Crippen molar-refractivity contribution in [2.75, 3.05) is 12.8 Å². The van der Waals surface area contributed by atoms with Gasteiger partial charge in [0.05, 0.1) is 6.54 Å². The molecule has 0 fully saturated rings. The van der Waals surface area contributed by atoms with Crippen LogP contribution in [0.25, 0.3) is 11.1 Å². The van der Waals surface area contributed by atoms with Crippen LogP contribution < -0.4 is 0 Å². The lowest BCUT2D eigenvalue weighted by molar-refractivity contribution is -0.139. The smallest absolute Gasteiger partial charge is 0.328 e. The Bertz CT molecular complexity index is 1080. The van der Waals surface area contributed by atoms with Crippen LogP contribution in [0.5, 0.6) is 0 Å². The minimum atomic E-state index is -3.86. The minimum Gasteiger partial charge on any atom is -0.480 e. The van der Waals surface area contributed by atoms with Crippen LogP contribution in [-0.4, -0.2) is 52.5 Å². The highest BCUT2D eigenvalue weighted by atomic mass is 127. The van der Waals surface area contributed by atoms with Crippen molar-refractivity contribution in [3.05, 3.63) is 45.5 Å². The van der Waals surface area contributed by atoms with Gasteiger partial charge < -0.3 is 10.0 Å². The molecule has 2 heterocycles. The second-order valence-corrected chi connectivity index (χ2v) is 10.7. The Kier molecular flexibility index (Phi) is 5.30. The monoisotopic (exact) mass is 520 g/mol. The Morgan fingerprint density at radius 1 is 1.36 bits per heavy atom. The third kappa shape index (κ3) is 3.54. The van der Waals surface area contributed by atoms with Gasteiger partial charge in [-0.2, -0.15) is 0 Å². The standard InChI is InChI=1S/C18H18FIN2O5S/c1-18(16(23)24,28(2,26)27)5-6-21-10-13-7-11(9-22(13)17(21)25)14-4-3-12(20)8-15(14)19/h3-4,7-9H,5-6,10H2,1-2H3,(H,23,24)/t18-/m1/s1. The molecular formula is C18H18FIN2O5S. The third-order valence-corrected chi connectivity index (χ3v) is 7.79. The lowest BCUT2D eigenvalue weighted by Gasteiger charge is -2.25. The number of amides is 1. The van der Waals surface area contributed by atoms with Gasteiger partial charge in [0.15, 0.2) is 14.6 Å². The van der Waals surface area contributed by atoms with Crippen LogP contribution in [0.1, 0.15) is 19.0 Å². The van der Waals surface area contributed by atoms with E-state index in [4.69, 9.17) is 0 Å². The molecule has 0 saturated heterocycles. The predicted molar refractivity (Wildman–Crippen MR) is 109 cm³/mol. The fourth-order valence-electron chi connectivity index (χ4n) is 3.07. The summed E-state index contributed by atoms with van der Waals surface area (Å²) in [4.78, 5) is 25.5. The first-order valence-electron chi connectivity index (χ1n) is 8.33. The Hall–Kier alpha value is -1.95. The zero-order valence-electron chi connectivity index (χ0n) is 15.1. The fourth-order valence-corrected chi connectivity index (χ4v) is 4.30. The zero-order chi connectivity index (χ0) is 20.9. The fraction of sp³-hybridized carbons (Fsp3) is 0.333. The molecule has 1 aromatic heterocycles. The maximum atomic E-state index is 14.2. The molecule has 0 radical (unpaired) electrons. The van der Waals surface area contributed by atoms with Gasteiger partial charge in [0.25, 0.3) is 0 Å². The molecule has 1 aromatic carbocycles. The first kappa shape index (κ1) is 20.8. The number of carboxylic acids is 1. The van der Waals surface area contributed by atoms with Crippen molar-refractivity contribution in [3.8, 4) is 11.1 Å². The summed E-state index contributed by atoms with van der Waals surface area (Å²) in [6.45, 7) is 1.32. The van der Waals surface area contributed by atoms with Gasteiger partial charge in [0, 0.05) is 39.4 Å². The molecule has 3 rings (SSSR count). The summed E-state index contributed by atoms with van der Waals surface area (Å²) >= 11 is 2.01. The second kappa shape index (κ2) is 7.14. The highest BCUT2D eigenvalue weighted by molar-refractivity contribution is 14.1. The van der Waals surface area contributed by atoms with Crippen LogP contribution in [0.3, 0.4) is 0 Å². The summed E-state index contributed by atoms with van der Waals surface area (Å²) in [5.74, 6) is -1.83. The quantitative estimate of drug-likeness (QED) is 0.591. The summed E-state index contributed by atoms with van der Waals surface area (Å²) in [5.41, 5.74) is 1.59. The van der Waals surface area contributed by atoms with E-state index in [9.17, 15) is 27.5 Å². The molecule has 1 aliphatic heterocycles. The largest absolute Gasteiger partial charge is 0.480 e. The highest BCUT2D eigenvalue weighted by Crippen LogP contribution is 2.30. The predicted octanol–water partition coefficient (Wildman–Crippen LogP) is 2.96. The van der Waals surface area contributed by atoms with Gasteiger partial charge in [-0.15, -0.1) is 0 Å². The van der Waals surface area contributed by atoms with Crippen molar-refractivity contribution in [2.45, 2.75) is 24.6 Å². The number of hydrogen-bond acceptors (Lipinski definition) is 4. The van der Waals surface area contributed by atoms with Gasteiger partial charge in [-0.05, 0) is 54.1 Å². The van der Waals surface area contributed by atoms with Gasteiger partial charge in [-0.25, -0.2) is 17.6 Å². The van der Waals surface area contributed by atoms with Crippen LogP contribution in [0.2, 0.25) is 0 Å². The van der Waals surface area contributed by atoms with Crippen LogP contribution in [0.4, 0.5) is 9.18 Å². The van der Waals surface area contributed by atoms with E-state index in [-0.39, 0.29) is 25.3 Å². The van der Waals surface area contributed by atoms with E-state index < -0.39 is 26.6 Å². The maximum Gasteiger partial charge on any atom is 0.328 e. The highest BCUT2D eigenvalue weighted by Gasteiger charge is 2.44. The Labute approximate surface area is 175 Å². The number of benzene rings is 1. The number of carbonyl (C=O) groups excluding carboxylic acids is 1. The molecule has 150 valence electrons. The number of carbonyl (C=O) groups is 2. The Morgan fingerprint density at radius 2 is 2.04 bits per heavy atom. The number of halogens is 2. The van der Waals surface area contributed by atoms with Crippen LogP contribution in [0, 0.1) is 9.39 Å². The van der Waals surface area contributed by atoms with Gasteiger partial charge in [-0.3, -0.25) is 9.36 Å². The molecule has 0 aliphatic carbocycles. The van der Waals surface area contributed by atoms with Gasteiger partial charge in [0.1, 0.15) is 5.82 Å². The zero-order valence-corrected chi connectivity index (χ0v) is 18.1. The van der Waals surface area contributed by atoms with E-state index in [1.54, 1.807) is 18.2 Å². The number of hydrogen-bond donors (Lipinski definition) is 1. The van der Waals surface area contributed by atoms with Gasteiger partial charge >= 0.3 is 12.0 Å². The molecule has 1 atom stereocenters. The van der Waals surface area contributed by atoms with Crippen molar-refractivity contribution >= 4 is 44.4 Å². The van der Waals surface area contributed by atoms with E-state index in [2.05, 4.69) is 0 Å². The molecule has 1 aliphatic rings. The van der Waals surface area contributed by atoms with E-state index >= 15 is 0 Å². The summed E-state index contributed by atoms with van der Waals surface area (Å²) in [7, 11) is -3.86. The molecule has 0 unspecified atom stereocenters. The first-order valence-corrected chi connectivity index (χ1v) is 11.3. The SMILES string of the molecule is C[C@@](CCN1Cc2cc(-c3ccc(I)cc3F)cn2C1=O)(C(=O)O)S(C)(=O)=O.